The minimum atomic E-state index is -2.41. The number of aromatic nitrogens is 2. The van der Waals surface area contributed by atoms with Gasteiger partial charge in [-0.15, -0.1) is 0 Å². The fraction of sp³-hybridized carbons (Fsp3) is 0.529. The van der Waals surface area contributed by atoms with E-state index in [1.54, 1.807) is 27.7 Å². The summed E-state index contributed by atoms with van der Waals surface area (Å²) in [6.45, 7) is 6.35. The number of aromatic amines is 1. The van der Waals surface area contributed by atoms with Gasteiger partial charge < -0.3 is 18.9 Å². The van der Waals surface area contributed by atoms with Crippen LogP contribution in [-0.4, -0.2) is 46.3 Å². The van der Waals surface area contributed by atoms with E-state index in [1.807, 2.05) is 4.98 Å². The van der Waals surface area contributed by atoms with E-state index in [-0.39, 0.29) is 17.7 Å². The fourth-order valence-electron chi connectivity index (χ4n) is 1.82. The van der Waals surface area contributed by atoms with E-state index < -0.39 is 49.6 Å². The standard InChI is InChI=1S/C17H22ClN2O9P/c1-10(2)26-15(23)28-17(29-16(24)27-11(3)4)30(25)8-6-5-7-20-9-12(18)13(21)19-14(20)22/h5-6,9-11,17H,7-8H2,1-4H3/p+1. The molecule has 0 aliphatic heterocycles. The third-order valence-corrected chi connectivity index (χ3v) is 4.54. The van der Waals surface area contributed by atoms with Crippen molar-refractivity contribution in [2.75, 3.05) is 6.16 Å². The van der Waals surface area contributed by atoms with Crippen molar-refractivity contribution in [3.05, 3.63) is 44.2 Å². The smallest absolute Gasteiger partial charge is 0.431 e. The largest absolute Gasteiger partial charge is 0.514 e. The average Bonchev–Trinajstić information content (AvgIpc) is 2.60. The average molecular weight is 466 g/mol. The van der Waals surface area contributed by atoms with Gasteiger partial charge in [0.05, 0.1) is 12.2 Å². The van der Waals surface area contributed by atoms with E-state index in [1.165, 1.54) is 12.2 Å². The van der Waals surface area contributed by atoms with Gasteiger partial charge >= 0.3 is 31.8 Å². The zero-order valence-corrected chi connectivity index (χ0v) is 18.5. The van der Waals surface area contributed by atoms with Crippen LogP contribution in [0.3, 0.4) is 0 Å². The zero-order valence-electron chi connectivity index (χ0n) is 16.8. The molecule has 1 rings (SSSR count). The lowest BCUT2D eigenvalue weighted by molar-refractivity contribution is -0.0715. The lowest BCUT2D eigenvalue weighted by atomic mass is 10.5. The minimum absolute atomic E-state index is 0.0235. The first-order valence-electron chi connectivity index (χ1n) is 8.82. The first-order chi connectivity index (χ1) is 14.0. The van der Waals surface area contributed by atoms with Gasteiger partial charge in [0.15, 0.2) is 6.16 Å². The Morgan fingerprint density at radius 3 is 2.10 bits per heavy atom. The normalized spacial score (nSPS) is 11.8. The molecular weight excluding hydrogens is 443 g/mol. The molecule has 0 amide bonds. The number of carbonyl (C=O) groups excluding carboxylic acids is 2. The lowest BCUT2D eigenvalue weighted by Crippen LogP contribution is -2.29. The van der Waals surface area contributed by atoms with Crippen molar-refractivity contribution in [2.24, 2.45) is 0 Å². The predicted octanol–water partition coefficient (Wildman–Crippen LogP) is 2.98. The topological polar surface area (TPSA) is 143 Å². The molecule has 1 aromatic rings. The third-order valence-electron chi connectivity index (χ3n) is 3.01. The highest BCUT2D eigenvalue weighted by atomic mass is 35.5. The molecule has 13 heteroatoms. The van der Waals surface area contributed by atoms with Crippen molar-refractivity contribution in [3.63, 3.8) is 0 Å². The first-order valence-corrected chi connectivity index (χ1v) is 10.7. The van der Waals surface area contributed by atoms with Gasteiger partial charge in [0.2, 0.25) is 0 Å². The van der Waals surface area contributed by atoms with E-state index >= 15 is 0 Å². The van der Waals surface area contributed by atoms with Crippen molar-refractivity contribution in [1.82, 2.24) is 9.55 Å². The summed E-state index contributed by atoms with van der Waals surface area (Å²) in [5.74, 6) is 0. The van der Waals surface area contributed by atoms with E-state index in [9.17, 15) is 23.7 Å². The summed E-state index contributed by atoms with van der Waals surface area (Å²) in [6.07, 6.45) is 0.581. The summed E-state index contributed by atoms with van der Waals surface area (Å²) in [6, 6.07) is -1.73. The number of carbonyl (C=O) groups is 2. The molecule has 0 spiro atoms. The number of nitrogens with zero attached hydrogens (tertiary/aromatic N) is 1. The van der Waals surface area contributed by atoms with Gasteiger partial charge in [0.25, 0.3) is 5.56 Å². The Hall–Kier alpha value is -2.65. The lowest BCUT2D eigenvalue weighted by Gasteiger charge is -2.13. The number of nitrogens with one attached hydrogen (secondary N) is 1. The maximum atomic E-state index is 12.5. The van der Waals surface area contributed by atoms with E-state index in [0.717, 1.165) is 10.8 Å². The van der Waals surface area contributed by atoms with Crippen LogP contribution in [0.1, 0.15) is 27.7 Å². The fourth-order valence-corrected chi connectivity index (χ4v) is 2.92. The van der Waals surface area contributed by atoms with Gasteiger partial charge in [-0.05, 0) is 33.8 Å². The van der Waals surface area contributed by atoms with E-state index in [4.69, 9.17) is 30.5 Å². The Morgan fingerprint density at radius 2 is 1.60 bits per heavy atom. The van der Waals surface area contributed by atoms with Crippen LogP contribution >= 0.6 is 19.4 Å². The zero-order chi connectivity index (χ0) is 22.8. The van der Waals surface area contributed by atoms with Gasteiger partial charge in [0, 0.05) is 12.7 Å². The van der Waals surface area contributed by atoms with E-state index in [2.05, 4.69) is 0 Å². The number of hydrogen-bond acceptors (Lipinski definition) is 9. The molecule has 1 N–H and O–H groups in total. The Kier molecular flexibility index (Phi) is 10.3. The van der Waals surface area contributed by atoms with Crippen molar-refractivity contribution >= 4 is 31.7 Å². The predicted molar refractivity (Wildman–Crippen MR) is 107 cm³/mol. The molecule has 0 bridgehead atoms. The third kappa shape index (κ3) is 9.23. The molecule has 0 aliphatic rings. The summed E-state index contributed by atoms with van der Waals surface area (Å²) < 4.78 is 32.8. The van der Waals surface area contributed by atoms with Crippen molar-refractivity contribution in [1.29, 1.82) is 0 Å². The van der Waals surface area contributed by atoms with Crippen LogP contribution in [-0.2, 0) is 30.1 Å². The molecule has 30 heavy (non-hydrogen) atoms. The maximum Gasteiger partial charge on any atom is 0.514 e. The van der Waals surface area contributed by atoms with Crippen LogP contribution in [0, 0.1) is 0 Å². The highest BCUT2D eigenvalue weighted by molar-refractivity contribution is 7.45. The second-order valence-corrected chi connectivity index (χ2v) is 8.36. The molecule has 0 saturated carbocycles. The van der Waals surface area contributed by atoms with Crippen molar-refractivity contribution in [3.8, 4) is 0 Å². The Morgan fingerprint density at radius 1 is 1.07 bits per heavy atom. The summed E-state index contributed by atoms with van der Waals surface area (Å²) in [7, 11) is -2.41. The van der Waals surface area contributed by atoms with Crippen LogP contribution in [0.25, 0.3) is 0 Å². The minimum Gasteiger partial charge on any atom is -0.431 e. The van der Waals surface area contributed by atoms with Gasteiger partial charge in [-0.1, -0.05) is 22.2 Å². The molecule has 0 aromatic carbocycles. The van der Waals surface area contributed by atoms with Gasteiger partial charge in [-0.2, -0.15) is 0 Å². The summed E-state index contributed by atoms with van der Waals surface area (Å²) >= 11 is 5.66. The quantitative estimate of drug-likeness (QED) is 0.252. The molecule has 1 aromatic heterocycles. The maximum absolute atomic E-state index is 12.5. The number of hydrogen-bond donors (Lipinski definition) is 1. The Labute approximate surface area is 177 Å². The van der Waals surface area contributed by atoms with Crippen LogP contribution in [0.15, 0.2) is 27.9 Å². The van der Waals surface area contributed by atoms with Crippen LogP contribution in [0.5, 0.6) is 0 Å². The molecule has 0 fully saturated rings. The van der Waals surface area contributed by atoms with Crippen LogP contribution in [0.4, 0.5) is 9.59 Å². The molecule has 0 aliphatic carbocycles. The molecule has 1 unspecified atom stereocenters. The summed E-state index contributed by atoms with van der Waals surface area (Å²) in [5.41, 5.74) is -1.38. The molecule has 1 heterocycles. The van der Waals surface area contributed by atoms with Gasteiger partial charge in [-0.3, -0.25) is 14.3 Å². The molecule has 166 valence electrons. The van der Waals surface area contributed by atoms with Gasteiger partial charge in [-0.25, -0.2) is 14.4 Å². The van der Waals surface area contributed by atoms with Crippen molar-refractivity contribution < 1.29 is 33.1 Å². The highest BCUT2D eigenvalue weighted by Crippen LogP contribution is 2.31. The van der Waals surface area contributed by atoms with Crippen LogP contribution < -0.4 is 11.2 Å². The number of H-pyrrole nitrogens is 1. The highest BCUT2D eigenvalue weighted by Gasteiger charge is 2.38. The monoisotopic (exact) mass is 465 g/mol. The van der Waals surface area contributed by atoms with Gasteiger partial charge in [0.1, 0.15) is 5.02 Å². The molecule has 0 radical (unpaired) electrons. The summed E-state index contributed by atoms with van der Waals surface area (Å²) in [5, 5.41) is -0.164. The second kappa shape index (κ2) is 12.1. The Balaban J connectivity index is 2.77. The second-order valence-electron chi connectivity index (χ2n) is 6.34. The number of halogens is 1. The molecular formula is C17H23ClN2O9P+. The molecule has 11 nitrogen and oxygen atoms in total. The number of rotatable bonds is 9. The SMILES string of the molecule is CC(C)OC(=O)OC(OC(=O)OC(C)C)[P+](=O)CC=CCn1cc(Cl)c(=O)[nH]c1=O. The van der Waals surface area contributed by atoms with Crippen molar-refractivity contribution in [2.45, 2.75) is 52.5 Å². The number of allylic oxidation sites excluding steroid dienone is 2. The van der Waals surface area contributed by atoms with E-state index in [0.29, 0.717) is 0 Å². The number of ether oxygens (including phenoxy) is 4. The Bertz CT molecular complexity index is 883. The van der Waals surface area contributed by atoms with Crippen LogP contribution in [0.2, 0.25) is 5.02 Å². The summed E-state index contributed by atoms with van der Waals surface area (Å²) in [4.78, 5) is 48.3. The molecule has 0 saturated heterocycles. The first kappa shape index (κ1) is 25.4. The molecule has 1 atom stereocenters.